The van der Waals surface area contributed by atoms with Crippen molar-refractivity contribution in [1.82, 2.24) is 10.6 Å². The molecule has 0 radical (unpaired) electrons. The van der Waals surface area contributed by atoms with E-state index < -0.39 is 0 Å². The molecule has 2 amide bonds. The minimum absolute atomic E-state index is 0.135. The van der Waals surface area contributed by atoms with Crippen molar-refractivity contribution in [2.24, 2.45) is 0 Å². The highest BCUT2D eigenvalue weighted by Crippen LogP contribution is 2.29. The molecular weight excluding hydrogens is 286 g/mol. The van der Waals surface area contributed by atoms with Crippen LogP contribution >= 0.6 is 0 Å². The third-order valence-electron chi connectivity index (χ3n) is 3.71. The number of rotatable bonds is 3. The number of nitrogens with zero attached hydrogens (tertiary/aromatic N) is 1. The molecule has 0 bridgehead atoms. The summed E-state index contributed by atoms with van der Waals surface area (Å²) in [5.41, 5.74) is 1.86. The average Bonchev–Trinajstić information content (AvgIpc) is 2.71. The molecule has 0 saturated carbocycles. The van der Waals surface area contributed by atoms with Crippen LogP contribution in [0.2, 0.25) is 0 Å². The van der Waals surface area contributed by atoms with Crippen LogP contribution in [0.25, 0.3) is 0 Å². The van der Waals surface area contributed by atoms with E-state index in [-0.39, 0.29) is 18.1 Å². The molecule has 3 rings (SSSR count). The lowest BCUT2D eigenvalue weighted by Gasteiger charge is -2.15. The van der Waals surface area contributed by atoms with Gasteiger partial charge in [-0.3, -0.25) is 15.0 Å². The lowest BCUT2D eigenvalue weighted by molar-refractivity contribution is -0.119. The van der Waals surface area contributed by atoms with E-state index in [9.17, 15) is 9.59 Å². The lowest BCUT2D eigenvalue weighted by atomic mass is 10.1. The summed E-state index contributed by atoms with van der Waals surface area (Å²) >= 11 is 0. The number of ether oxygens (including phenoxy) is 2. The highest BCUT2D eigenvalue weighted by Gasteiger charge is 2.32. The first-order chi connectivity index (χ1) is 10.6. The molecule has 22 heavy (non-hydrogen) atoms. The molecule has 2 aliphatic rings. The number of amides is 2. The number of benzene rings is 1. The fraction of sp³-hybridized carbons (Fsp3) is 0.467. The number of carbonyl (C=O) groups excluding carboxylic acids is 2. The van der Waals surface area contributed by atoms with Crippen molar-refractivity contribution in [1.29, 1.82) is 0 Å². The van der Waals surface area contributed by atoms with Crippen molar-refractivity contribution >= 4 is 17.7 Å². The molecular formula is C15H19N3O4. The van der Waals surface area contributed by atoms with Gasteiger partial charge in [-0.1, -0.05) is 0 Å². The molecule has 7 nitrogen and oxygen atoms in total. The molecule has 1 saturated heterocycles. The predicted molar refractivity (Wildman–Crippen MR) is 79.9 cm³/mol. The SMILES string of the molecule is CC(=O)NC[C@H]1CN(c2ccc3c(c2)CCNCO3)C(=O)O1. The Morgan fingerprint density at radius 1 is 1.50 bits per heavy atom. The van der Waals surface area contributed by atoms with E-state index in [1.165, 1.54) is 6.92 Å². The van der Waals surface area contributed by atoms with Gasteiger partial charge in [-0.15, -0.1) is 0 Å². The molecule has 2 N–H and O–H groups in total. The van der Waals surface area contributed by atoms with Gasteiger partial charge in [0.1, 0.15) is 18.6 Å². The summed E-state index contributed by atoms with van der Waals surface area (Å²) in [4.78, 5) is 24.5. The monoisotopic (exact) mass is 305 g/mol. The topological polar surface area (TPSA) is 79.9 Å². The first-order valence-corrected chi connectivity index (χ1v) is 7.32. The maximum Gasteiger partial charge on any atom is 0.414 e. The van der Waals surface area contributed by atoms with Gasteiger partial charge >= 0.3 is 6.09 Å². The van der Waals surface area contributed by atoms with E-state index in [2.05, 4.69) is 10.6 Å². The molecule has 0 aromatic heterocycles. The van der Waals surface area contributed by atoms with Crippen LogP contribution in [0, 0.1) is 0 Å². The molecule has 0 spiro atoms. The zero-order chi connectivity index (χ0) is 15.5. The summed E-state index contributed by atoms with van der Waals surface area (Å²) in [6.45, 7) is 3.53. The van der Waals surface area contributed by atoms with E-state index in [1.54, 1.807) is 4.90 Å². The van der Waals surface area contributed by atoms with E-state index in [4.69, 9.17) is 9.47 Å². The van der Waals surface area contributed by atoms with Crippen LogP contribution in [0.15, 0.2) is 18.2 Å². The summed E-state index contributed by atoms with van der Waals surface area (Å²) < 4.78 is 10.9. The Labute approximate surface area is 128 Å². The Morgan fingerprint density at radius 3 is 3.18 bits per heavy atom. The normalized spacial score (nSPS) is 20.7. The number of nitrogens with one attached hydrogen (secondary N) is 2. The van der Waals surface area contributed by atoms with Crippen LogP contribution in [0.4, 0.5) is 10.5 Å². The predicted octanol–water partition coefficient (Wildman–Crippen LogP) is 0.630. The van der Waals surface area contributed by atoms with Gasteiger partial charge in [-0.05, 0) is 30.2 Å². The Morgan fingerprint density at radius 2 is 2.36 bits per heavy atom. The van der Waals surface area contributed by atoms with Crippen molar-refractivity contribution < 1.29 is 19.1 Å². The first-order valence-electron chi connectivity index (χ1n) is 7.32. The number of carbonyl (C=O) groups is 2. The van der Waals surface area contributed by atoms with E-state index >= 15 is 0 Å². The molecule has 1 aromatic carbocycles. The molecule has 1 aromatic rings. The van der Waals surface area contributed by atoms with Crippen molar-refractivity contribution in [2.45, 2.75) is 19.4 Å². The smallest absolute Gasteiger partial charge is 0.414 e. The number of cyclic esters (lactones) is 1. The van der Waals surface area contributed by atoms with Crippen molar-refractivity contribution in [3.63, 3.8) is 0 Å². The Kier molecular flexibility index (Phi) is 4.15. The third kappa shape index (κ3) is 3.14. The van der Waals surface area contributed by atoms with Gasteiger partial charge in [-0.25, -0.2) is 4.79 Å². The molecule has 1 fully saturated rings. The van der Waals surface area contributed by atoms with Gasteiger partial charge in [-0.2, -0.15) is 0 Å². The summed E-state index contributed by atoms with van der Waals surface area (Å²) in [5.74, 6) is 0.709. The molecule has 2 aliphatic heterocycles. The second-order valence-electron chi connectivity index (χ2n) is 5.38. The van der Waals surface area contributed by atoms with Gasteiger partial charge in [0.25, 0.3) is 0 Å². The van der Waals surface area contributed by atoms with Gasteiger partial charge in [0.2, 0.25) is 5.91 Å². The standard InChI is InChI=1S/C15H19N3O4/c1-10(19)17-7-13-8-18(15(20)22-13)12-2-3-14-11(6-12)4-5-16-9-21-14/h2-3,6,13,16H,4-5,7-9H2,1H3,(H,17,19)/t13-/m0/s1. The van der Waals surface area contributed by atoms with Crippen LogP contribution in [0.5, 0.6) is 5.75 Å². The van der Waals surface area contributed by atoms with E-state index in [0.29, 0.717) is 19.8 Å². The minimum Gasteiger partial charge on any atom is -0.478 e. The number of fused-ring (bicyclic) bond motifs is 1. The Bertz CT molecular complexity index is 590. The second kappa shape index (κ2) is 6.23. The lowest BCUT2D eigenvalue weighted by Crippen LogP contribution is -2.33. The largest absolute Gasteiger partial charge is 0.478 e. The third-order valence-corrected chi connectivity index (χ3v) is 3.71. The van der Waals surface area contributed by atoms with Crippen molar-refractivity contribution in [2.75, 3.05) is 31.3 Å². The van der Waals surface area contributed by atoms with Crippen LogP contribution in [0.3, 0.4) is 0 Å². The van der Waals surface area contributed by atoms with Crippen LogP contribution in [0.1, 0.15) is 12.5 Å². The highest BCUT2D eigenvalue weighted by atomic mass is 16.6. The zero-order valence-electron chi connectivity index (χ0n) is 12.4. The van der Waals surface area contributed by atoms with Crippen LogP contribution in [-0.2, 0) is 16.0 Å². The average molecular weight is 305 g/mol. The molecule has 7 heteroatoms. The highest BCUT2D eigenvalue weighted by molar-refractivity contribution is 5.90. The van der Waals surface area contributed by atoms with Crippen molar-refractivity contribution in [3.05, 3.63) is 23.8 Å². The van der Waals surface area contributed by atoms with E-state index in [0.717, 1.165) is 30.0 Å². The van der Waals surface area contributed by atoms with Gasteiger partial charge in [0.15, 0.2) is 0 Å². The molecule has 0 aliphatic carbocycles. The molecule has 0 unspecified atom stereocenters. The van der Waals surface area contributed by atoms with Crippen LogP contribution < -0.4 is 20.3 Å². The van der Waals surface area contributed by atoms with Crippen molar-refractivity contribution in [3.8, 4) is 5.75 Å². The van der Waals surface area contributed by atoms with E-state index in [1.807, 2.05) is 18.2 Å². The van der Waals surface area contributed by atoms with Gasteiger partial charge in [0, 0.05) is 19.2 Å². The fourth-order valence-corrected chi connectivity index (χ4v) is 2.59. The van der Waals surface area contributed by atoms with Gasteiger partial charge < -0.3 is 14.8 Å². The second-order valence-corrected chi connectivity index (χ2v) is 5.38. The molecule has 1 atom stereocenters. The minimum atomic E-state index is -0.386. The number of hydrogen-bond acceptors (Lipinski definition) is 5. The fourth-order valence-electron chi connectivity index (χ4n) is 2.59. The van der Waals surface area contributed by atoms with Crippen LogP contribution in [-0.4, -0.2) is 44.5 Å². The molecule has 118 valence electrons. The quantitative estimate of drug-likeness (QED) is 0.856. The number of hydrogen-bond donors (Lipinski definition) is 2. The first kappa shape index (κ1) is 14.6. The summed E-state index contributed by atoms with van der Waals surface area (Å²) in [6, 6.07) is 5.70. The Balaban J connectivity index is 1.72. The number of anilines is 1. The summed E-state index contributed by atoms with van der Waals surface area (Å²) in [5, 5.41) is 5.83. The maximum absolute atomic E-state index is 12.0. The molecule has 2 heterocycles. The Hall–Kier alpha value is -2.28. The van der Waals surface area contributed by atoms with Gasteiger partial charge in [0.05, 0.1) is 13.1 Å². The maximum atomic E-state index is 12.0. The summed E-state index contributed by atoms with van der Waals surface area (Å²) in [6.07, 6.45) is 0.137. The zero-order valence-corrected chi connectivity index (χ0v) is 12.4. The summed E-state index contributed by atoms with van der Waals surface area (Å²) in [7, 11) is 0.